The van der Waals surface area contributed by atoms with Gasteiger partial charge in [-0.25, -0.2) is 9.78 Å². The van der Waals surface area contributed by atoms with Gasteiger partial charge in [0.1, 0.15) is 5.82 Å². The highest BCUT2D eigenvalue weighted by Gasteiger charge is 2.53. The number of carbonyl (C=O) groups excluding carboxylic acids is 1. The van der Waals surface area contributed by atoms with Crippen LogP contribution in [0.1, 0.15) is 24.4 Å². The number of hydrogen-bond donors (Lipinski definition) is 2. The minimum atomic E-state index is -4.65. The largest absolute Gasteiger partial charge is 0.481 e. The van der Waals surface area contributed by atoms with Crippen molar-refractivity contribution in [3.63, 3.8) is 0 Å². The highest BCUT2D eigenvalue weighted by molar-refractivity contribution is 5.77. The number of amides is 2. The summed E-state index contributed by atoms with van der Waals surface area (Å²) in [6.07, 6.45) is 0.914. The van der Waals surface area contributed by atoms with Crippen molar-refractivity contribution in [3.05, 3.63) is 17.7 Å². The number of carbonyl (C=O) groups is 2. The van der Waals surface area contributed by atoms with E-state index in [4.69, 9.17) is 5.11 Å². The summed E-state index contributed by atoms with van der Waals surface area (Å²) in [6.45, 7) is 0.0906. The van der Waals surface area contributed by atoms with Crippen LogP contribution in [0.4, 0.5) is 18.0 Å². The number of carboxylic acids is 1. The molecule has 10 heteroatoms. The molecule has 3 heterocycles. The predicted molar refractivity (Wildman–Crippen MR) is 84.5 cm³/mol. The third-order valence-electron chi connectivity index (χ3n) is 4.96. The minimum absolute atomic E-state index is 0.236. The van der Waals surface area contributed by atoms with Crippen LogP contribution in [-0.2, 0) is 24.2 Å². The molecule has 26 heavy (non-hydrogen) atoms. The minimum Gasteiger partial charge on any atom is -0.481 e. The SMILES string of the molecule is O=C(O)[C@@H]1CN(C(=O)NCCc2cn3c(n2)CCCC3)C[C@H]1C(F)(F)F. The number of fused-ring (bicyclic) bond motifs is 1. The molecule has 2 amide bonds. The molecule has 144 valence electrons. The number of imidazole rings is 1. The number of nitrogens with one attached hydrogen (secondary N) is 1. The van der Waals surface area contributed by atoms with Crippen molar-refractivity contribution in [3.8, 4) is 0 Å². The number of urea groups is 1. The fourth-order valence-corrected chi connectivity index (χ4v) is 3.55. The molecule has 1 aromatic heterocycles. The maximum absolute atomic E-state index is 13.0. The van der Waals surface area contributed by atoms with Gasteiger partial charge in [0.2, 0.25) is 0 Å². The molecular formula is C16H21F3N4O3. The van der Waals surface area contributed by atoms with Gasteiger partial charge >= 0.3 is 18.2 Å². The van der Waals surface area contributed by atoms with Gasteiger partial charge in [0.15, 0.2) is 0 Å². The third kappa shape index (κ3) is 3.94. The van der Waals surface area contributed by atoms with Crippen LogP contribution in [0.15, 0.2) is 6.20 Å². The van der Waals surface area contributed by atoms with E-state index < -0.39 is 43.1 Å². The van der Waals surface area contributed by atoms with Crippen molar-refractivity contribution in [2.75, 3.05) is 19.6 Å². The smallest absolute Gasteiger partial charge is 0.394 e. The second-order valence-electron chi connectivity index (χ2n) is 6.78. The lowest BCUT2D eigenvalue weighted by atomic mass is 9.96. The first-order valence-electron chi connectivity index (χ1n) is 8.63. The Kier molecular flexibility index (Phi) is 5.10. The number of halogens is 3. The fourth-order valence-electron chi connectivity index (χ4n) is 3.55. The van der Waals surface area contributed by atoms with Crippen molar-refractivity contribution in [1.82, 2.24) is 19.8 Å². The van der Waals surface area contributed by atoms with Gasteiger partial charge in [-0.05, 0) is 12.8 Å². The Morgan fingerprint density at radius 1 is 1.31 bits per heavy atom. The maximum atomic E-state index is 13.0. The Morgan fingerprint density at radius 3 is 2.69 bits per heavy atom. The highest BCUT2D eigenvalue weighted by Crippen LogP contribution is 2.37. The summed E-state index contributed by atoms with van der Waals surface area (Å²) in [5, 5.41) is 11.5. The third-order valence-corrected chi connectivity index (χ3v) is 4.96. The van der Waals surface area contributed by atoms with Crippen molar-refractivity contribution in [1.29, 1.82) is 0 Å². The van der Waals surface area contributed by atoms with Crippen LogP contribution in [0.25, 0.3) is 0 Å². The molecule has 2 N–H and O–H groups in total. The molecule has 1 aromatic rings. The fraction of sp³-hybridized carbons (Fsp3) is 0.688. The zero-order chi connectivity index (χ0) is 18.9. The molecule has 2 aliphatic heterocycles. The van der Waals surface area contributed by atoms with Gasteiger partial charge in [0.05, 0.1) is 17.5 Å². The van der Waals surface area contributed by atoms with Gasteiger partial charge in [-0.2, -0.15) is 13.2 Å². The lowest BCUT2D eigenvalue weighted by molar-refractivity contribution is -0.187. The van der Waals surface area contributed by atoms with E-state index in [1.807, 2.05) is 6.20 Å². The second kappa shape index (κ2) is 7.16. The normalized spacial score (nSPS) is 23.0. The molecule has 0 unspecified atom stereocenters. The van der Waals surface area contributed by atoms with Gasteiger partial charge in [0, 0.05) is 45.2 Å². The highest BCUT2D eigenvalue weighted by atomic mass is 19.4. The molecule has 0 radical (unpaired) electrons. The van der Waals surface area contributed by atoms with Crippen LogP contribution >= 0.6 is 0 Å². The van der Waals surface area contributed by atoms with Crippen LogP contribution in [0.2, 0.25) is 0 Å². The number of hydrogen-bond acceptors (Lipinski definition) is 3. The Balaban J connectivity index is 1.52. The van der Waals surface area contributed by atoms with E-state index in [1.165, 1.54) is 0 Å². The zero-order valence-electron chi connectivity index (χ0n) is 14.1. The topological polar surface area (TPSA) is 87.5 Å². The average Bonchev–Trinajstić information content (AvgIpc) is 3.18. The standard InChI is InChI=1S/C16H21F3N4O3/c17-16(18,19)12-9-23(8-11(12)14(24)25)15(26)20-5-4-10-7-22-6-2-1-3-13(22)21-10/h7,11-12H,1-6,8-9H2,(H,20,26)(H,24,25)/t11-,12-/m1/s1. The van der Waals surface area contributed by atoms with Gasteiger partial charge in [0.25, 0.3) is 0 Å². The molecular weight excluding hydrogens is 353 g/mol. The van der Waals surface area contributed by atoms with Crippen molar-refractivity contribution in [2.24, 2.45) is 11.8 Å². The van der Waals surface area contributed by atoms with Crippen LogP contribution in [0.3, 0.4) is 0 Å². The summed E-state index contributed by atoms with van der Waals surface area (Å²) in [5.74, 6) is -4.17. The summed E-state index contributed by atoms with van der Waals surface area (Å²) in [7, 11) is 0. The first kappa shape index (κ1) is 18.5. The van der Waals surface area contributed by atoms with Gasteiger partial charge in [-0.15, -0.1) is 0 Å². The number of carboxylic acid groups (broad SMARTS) is 1. The molecule has 1 fully saturated rings. The van der Waals surface area contributed by atoms with Gasteiger partial charge in [-0.3, -0.25) is 4.79 Å². The molecule has 1 saturated heterocycles. The van der Waals surface area contributed by atoms with Crippen molar-refractivity contribution in [2.45, 2.75) is 38.4 Å². The molecule has 2 atom stereocenters. The van der Waals surface area contributed by atoms with Gasteiger partial charge < -0.3 is 19.9 Å². The van der Waals surface area contributed by atoms with E-state index in [0.29, 0.717) is 6.42 Å². The Hall–Kier alpha value is -2.26. The van der Waals surface area contributed by atoms with Crippen LogP contribution in [0, 0.1) is 11.8 Å². The molecule has 0 bridgehead atoms. The summed E-state index contributed by atoms with van der Waals surface area (Å²) in [5.41, 5.74) is 0.834. The molecule has 0 spiro atoms. The number of likely N-dealkylation sites (tertiary alicyclic amines) is 1. The summed E-state index contributed by atoms with van der Waals surface area (Å²) >= 11 is 0. The second-order valence-corrected chi connectivity index (χ2v) is 6.78. The van der Waals surface area contributed by atoms with Crippen LogP contribution < -0.4 is 5.32 Å². The van der Waals surface area contributed by atoms with E-state index in [0.717, 1.165) is 42.2 Å². The molecule has 7 nitrogen and oxygen atoms in total. The van der Waals surface area contributed by atoms with Crippen LogP contribution in [0.5, 0.6) is 0 Å². The van der Waals surface area contributed by atoms with Gasteiger partial charge in [-0.1, -0.05) is 0 Å². The number of aliphatic carboxylic acids is 1. The summed E-state index contributed by atoms with van der Waals surface area (Å²) < 4.78 is 41.0. The Labute approximate surface area is 148 Å². The van der Waals surface area contributed by atoms with Crippen molar-refractivity contribution >= 4 is 12.0 Å². The van der Waals surface area contributed by atoms with E-state index in [-0.39, 0.29) is 6.54 Å². The monoisotopic (exact) mass is 374 g/mol. The first-order chi connectivity index (χ1) is 12.3. The number of rotatable bonds is 4. The number of aromatic nitrogens is 2. The molecule has 0 aliphatic carbocycles. The average molecular weight is 374 g/mol. The Bertz CT molecular complexity index is 665. The van der Waals surface area contributed by atoms with Crippen molar-refractivity contribution < 1.29 is 27.9 Å². The molecule has 0 saturated carbocycles. The van der Waals surface area contributed by atoms with E-state index in [1.54, 1.807) is 0 Å². The molecule has 3 rings (SSSR count). The molecule has 2 aliphatic rings. The Morgan fingerprint density at radius 2 is 2.08 bits per heavy atom. The van der Waals surface area contributed by atoms with E-state index in [9.17, 15) is 22.8 Å². The number of nitrogens with zero attached hydrogens (tertiary/aromatic N) is 3. The van der Waals surface area contributed by atoms with Crippen LogP contribution in [-0.4, -0.2) is 57.4 Å². The summed E-state index contributed by atoms with van der Waals surface area (Å²) in [4.78, 5) is 28.6. The number of alkyl halides is 3. The zero-order valence-corrected chi connectivity index (χ0v) is 14.1. The lowest BCUT2D eigenvalue weighted by Crippen LogP contribution is -2.40. The van der Waals surface area contributed by atoms with E-state index >= 15 is 0 Å². The number of aryl methyl sites for hydroxylation is 2. The quantitative estimate of drug-likeness (QED) is 0.839. The lowest BCUT2D eigenvalue weighted by Gasteiger charge is -2.18. The summed E-state index contributed by atoms with van der Waals surface area (Å²) in [6, 6.07) is -0.674. The molecule has 0 aromatic carbocycles. The predicted octanol–water partition coefficient (Wildman–Crippen LogP) is 1.67. The maximum Gasteiger partial charge on any atom is 0.394 e. The first-order valence-corrected chi connectivity index (χ1v) is 8.63. The van der Waals surface area contributed by atoms with E-state index in [2.05, 4.69) is 14.9 Å².